The third kappa shape index (κ3) is 4.45. The van der Waals surface area contributed by atoms with Crippen molar-refractivity contribution in [3.63, 3.8) is 0 Å². The zero-order valence-electron chi connectivity index (χ0n) is 19.8. The summed E-state index contributed by atoms with van der Waals surface area (Å²) in [5.41, 5.74) is 3.81. The number of halogens is 1. The van der Waals surface area contributed by atoms with Crippen LogP contribution in [-0.2, 0) is 18.3 Å². The maximum absolute atomic E-state index is 13.8. The fourth-order valence-electron chi connectivity index (χ4n) is 4.24. The summed E-state index contributed by atoms with van der Waals surface area (Å²) in [5.74, 6) is 0.0512. The Balaban J connectivity index is 1.20. The number of hydrogen-bond donors (Lipinski definition) is 1. The number of hydrogen-bond acceptors (Lipinski definition) is 9. The molecule has 6 rings (SSSR count). The molecule has 1 fully saturated rings. The van der Waals surface area contributed by atoms with Crippen molar-refractivity contribution in [1.29, 1.82) is 5.26 Å². The summed E-state index contributed by atoms with van der Waals surface area (Å²) in [6.45, 7) is 2.15. The molecule has 37 heavy (non-hydrogen) atoms. The van der Waals surface area contributed by atoms with E-state index in [4.69, 9.17) is 10.00 Å². The van der Waals surface area contributed by atoms with E-state index >= 15 is 0 Å². The SMILES string of the molecule is C[n+]1cc(-c2cnc(N3CCO[C@H](Cn4nnc5ncc(-c6ccc(F)c(C#N)c6)nc54)C3)nc2)c[nH]1. The Morgan fingerprint density at radius 2 is 2.05 bits per heavy atom. The second kappa shape index (κ2) is 9.32. The first-order chi connectivity index (χ1) is 18.1. The predicted octanol–water partition coefficient (Wildman–Crippen LogP) is 1.41. The van der Waals surface area contributed by atoms with Crippen molar-refractivity contribution in [2.24, 2.45) is 7.05 Å². The standard InChI is InChI=1S/C24H20FN11O/c1-34-12-18(10-30-34)17-8-28-24(29-9-17)35-4-5-37-19(13-35)14-36-23-22(32-33-36)27-11-21(31-23)15-2-3-20(25)16(6-15)7-26/h2-3,6,8-12,19H,4-5,13-14H2,1H3/p+1/t19-/m0/s1. The van der Waals surface area contributed by atoms with Gasteiger partial charge in [0.1, 0.15) is 11.9 Å². The fourth-order valence-corrected chi connectivity index (χ4v) is 4.24. The van der Waals surface area contributed by atoms with Crippen LogP contribution in [0.4, 0.5) is 10.3 Å². The zero-order valence-corrected chi connectivity index (χ0v) is 19.8. The van der Waals surface area contributed by atoms with E-state index < -0.39 is 5.82 Å². The van der Waals surface area contributed by atoms with Gasteiger partial charge in [0.05, 0.1) is 48.5 Å². The van der Waals surface area contributed by atoms with Crippen LogP contribution in [0.25, 0.3) is 33.7 Å². The van der Waals surface area contributed by atoms with Gasteiger partial charge < -0.3 is 9.64 Å². The van der Waals surface area contributed by atoms with Crippen LogP contribution in [0.1, 0.15) is 5.56 Å². The van der Waals surface area contributed by atoms with Crippen molar-refractivity contribution in [2.45, 2.75) is 12.6 Å². The summed E-state index contributed by atoms with van der Waals surface area (Å²) in [6.07, 6.45) is 8.82. The second-order valence-electron chi connectivity index (χ2n) is 8.66. The van der Waals surface area contributed by atoms with Crippen LogP contribution in [0.2, 0.25) is 0 Å². The topological polar surface area (TPSA) is 138 Å². The molecule has 0 bridgehead atoms. The molecule has 0 radical (unpaired) electrons. The molecule has 5 heterocycles. The largest absolute Gasteiger partial charge is 0.373 e. The Kier molecular flexibility index (Phi) is 5.70. The summed E-state index contributed by atoms with van der Waals surface area (Å²) in [4.78, 5) is 20.2. The Morgan fingerprint density at radius 3 is 2.84 bits per heavy atom. The highest BCUT2D eigenvalue weighted by Gasteiger charge is 2.24. The van der Waals surface area contributed by atoms with Crippen LogP contribution in [0.15, 0.2) is 49.2 Å². The first-order valence-electron chi connectivity index (χ1n) is 11.6. The minimum atomic E-state index is -0.580. The first kappa shape index (κ1) is 22.6. The van der Waals surface area contributed by atoms with E-state index in [9.17, 15) is 4.39 Å². The normalized spacial score (nSPS) is 15.7. The number of aromatic nitrogens is 9. The van der Waals surface area contributed by atoms with Gasteiger partial charge in [-0.25, -0.2) is 29.0 Å². The van der Waals surface area contributed by atoms with E-state index in [-0.39, 0.29) is 11.7 Å². The molecule has 1 aliphatic rings. The number of aromatic amines is 1. The molecule has 1 saturated heterocycles. The molecule has 0 saturated carbocycles. The van der Waals surface area contributed by atoms with Crippen molar-refractivity contribution < 1.29 is 13.8 Å². The second-order valence-corrected chi connectivity index (χ2v) is 8.66. The summed E-state index contributed by atoms with van der Waals surface area (Å²) in [5, 5.41) is 20.6. The number of anilines is 1. The first-order valence-corrected chi connectivity index (χ1v) is 11.6. The minimum absolute atomic E-state index is 0.0564. The van der Waals surface area contributed by atoms with Crippen LogP contribution in [-0.4, -0.2) is 65.8 Å². The van der Waals surface area contributed by atoms with E-state index in [1.54, 1.807) is 10.7 Å². The molecule has 1 N–H and O–H groups in total. The Morgan fingerprint density at radius 1 is 1.19 bits per heavy atom. The van der Waals surface area contributed by atoms with E-state index in [2.05, 4.69) is 40.2 Å². The molecule has 1 aromatic carbocycles. The number of nitriles is 1. The zero-order chi connectivity index (χ0) is 25.4. The number of fused-ring (bicyclic) bond motifs is 1. The number of aryl methyl sites for hydroxylation is 1. The molecule has 0 unspecified atom stereocenters. The number of ether oxygens (including phenoxy) is 1. The molecule has 0 amide bonds. The minimum Gasteiger partial charge on any atom is -0.373 e. The lowest BCUT2D eigenvalue weighted by molar-refractivity contribution is -0.726. The number of nitrogens with zero attached hydrogens (tertiary/aromatic N) is 10. The fraction of sp³-hybridized carbons (Fsp3) is 0.250. The van der Waals surface area contributed by atoms with Gasteiger partial charge in [-0.1, -0.05) is 5.21 Å². The molecule has 0 aliphatic carbocycles. The van der Waals surface area contributed by atoms with Crippen LogP contribution < -0.4 is 9.58 Å². The van der Waals surface area contributed by atoms with Crippen molar-refractivity contribution in [2.75, 3.05) is 24.6 Å². The Labute approximate surface area is 210 Å². The molecule has 12 nitrogen and oxygen atoms in total. The quantitative estimate of drug-likeness (QED) is 0.356. The lowest BCUT2D eigenvalue weighted by Crippen LogP contribution is -2.45. The van der Waals surface area contributed by atoms with Crippen LogP contribution in [0, 0.1) is 17.1 Å². The molecule has 4 aromatic heterocycles. The molecule has 184 valence electrons. The molecule has 13 heteroatoms. The number of benzene rings is 1. The number of rotatable bonds is 5. The lowest BCUT2D eigenvalue weighted by atomic mass is 10.1. The Bertz CT molecular complexity index is 1620. The predicted molar refractivity (Wildman–Crippen MR) is 128 cm³/mol. The van der Waals surface area contributed by atoms with Crippen LogP contribution >= 0.6 is 0 Å². The van der Waals surface area contributed by atoms with Crippen molar-refractivity contribution in [3.05, 3.63) is 60.6 Å². The van der Waals surface area contributed by atoms with Crippen LogP contribution in [0.5, 0.6) is 0 Å². The summed E-state index contributed by atoms with van der Waals surface area (Å²) in [7, 11) is 1.92. The monoisotopic (exact) mass is 498 g/mol. The number of nitrogens with one attached hydrogen (secondary N) is 1. The van der Waals surface area contributed by atoms with E-state index in [0.29, 0.717) is 54.7 Å². The van der Waals surface area contributed by atoms with Crippen molar-refractivity contribution in [1.82, 2.24) is 40.0 Å². The van der Waals surface area contributed by atoms with Gasteiger partial charge in [-0.05, 0) is 18.2 Å². The van der Waals surface area contributed by atoms with Gasteiger partial charge in [0.25, 0.3) is 0 Å². The third-order valence-electron chi connectivity index (χ3n) is 6.14. The van der Waals surface area contributed by atoms with Gasteiger partial charge in [-0.15, -0.1) is 9.78 Å². The highest BCUT2D eigenvalue weighted by Crippen LogP contribution is 2.22. The van der Waals surface area contributed by atoms with Gasteiger partial charge >= 0.3 is 0 Å². The van der Waals surface area contributed by atoms with Crippen molar-refractivity contribution in [3.8, 4) is 28.5 Å². The van der Waals surface area contributed by atoms with Gasteiger partial charge in [-0.2, -0.15) is 10.4 Å². The molecule has 1 aliphatic heterocycles. The third-order valence-corrected chi connectivity index (χ3v) is 6.14. The maximum Gasteiger partial charge on any atom is 0.225 e. The summed E-state index contributed by atoms with van der Waals surface area (Å²) < 4.78 is 23.2. The van der Waals surface area contributed by atoms with Gasteiger partial charge in [-0.3, -0.25) is 0 Å². The maximum atomic E-state index is 13.8. The van der Waals surface area contributed by atoms with E-state index in [1.807, 2.05) is 42.6 Å². The molecule has 1 atom stereocenters. The van der Waals surface area contributed by atoms with Gasteiger partial charge in [0, 0.05) is 36.6 Å². The number of morpholine rings is 1. The average Bonchev–Trinajstić information content (AvgIpc) is 3.55. The van der Waals surface area contributed by atoms with Crippen molar-refractivity contribution >= 4 is 17.2 Å². The molecule has 5 aromatic rings. The smallest absolute Gasteiger partial charge is 0.225 e. The molecular weight excluding hydrogens is 477 g/mol. The van der Waals surface area contributed by atoms with E-state index in [1.165, 1.54) is 18.3 Å². The van der Waals surface area contributed by atoms with Crippen LogP contribution in [0.3, 0.4) is 0 Å². The lowest BCUT2D eigenvalue weighted by Gasteiger charge is -2.32. The highest BCUT2D eigenvalue weighted by atomic mass is 19.1. The highest BCUT2D eigenvalue weighted by molar-refractivity contribution is 5.70. The van der Waals surface area contributed by atoms with E-state index in [0.717, 1.165) is 11.1 Å². The average molecular weight is 499 g/mol. The summed E-state index contributed by atoms with van der Waals surface area (Å²) >= 11 is 0. The molecule has 0 spiro atoms. The number of H-pyrrole nitrogens is 1. The van der Waals surface area contributed by atoms with Gasteiger partial charge in [0.2, 0.25) is 17.8 Å². The van der Waals surface area contributed by atoms with Gasteiger partial charge in [0.15, 0.2) is 12.7 Å². The summed E-state index contributed by atoms with van der Waals surface area (Å²) in [6, 6.07) is 6.10. The Hall–Kier alpha value is -4.83. The molecular formula is C24H21FN11O+.